The Morgan fingerprint density at radius 1 is 1.32 bits per heavy atom. The van der Waals surface area contributed by atoms with Crippen LogP contribution in [0.2, 0.25) is 0 Å². The van der Waals surface area contributed by atoms with E-state index in [0.29, 0.717) is 11.3 Å². The normalized spacial score (nSPS) is 11.7. The molecule has 0 heterocycles. The zero-order chi connectivity index (χ0) is 14.8. The fraction of sp³-hybridized carbons (Fsp3) is 0.385. The van der Waals surface area contributed by atoms with Crippen LogP contribution in [0.15, 0.2) is 24.3 Å². The number of hydrogen-bond acceptors (Lipinski definition) is 4. The highest BCUT2D eigenvalue weighted by Gasteiger charge is 2.41. The van der Waals surface area contributed by atoms with E-state index in [4.69, 9.17) is 5.26 Å². The van der Waals surface area contributed by atoms with E-state index in [-0.39, 0.29) is 0 Å². The molecule has 1 aromatic rings. The van der Waals surface area contributed by atoms with E-state index in [1.807, 2.05) is 6.07 Å². The lowest BCUT2D eigenvalue weighted by molar-refractivity contribution is -0.120. The zero-order valence-electron chi connectivity index (χ0n) is 11.3. The van der Waals surface area contributed by atoms with Crippen molar-refractivity contribution in [1.29, 1.82) is 5.26 Å². The summed E-state index contributed by atoms with van der Waals surface area (Å²) in [5.41, 5.74) is 0.717. The highest BCUT2D eigenvalue weighted by atomic mass is 32.2. The van der Waals surface area contributed by atoms with Crippen LogP contribution in [0.25, 0.3) is 0 Å². The van der Waals surface area contributed by atoms with Crippen molar-refractivity contribution in [3.05, 3.63) is 29.8 Å². The third-order valence-corrected chi connectivity index (χ3v) is 5.16. The average Bonchev–Trinajstić information content (AvgIpc) is 2.35. The number of anilines is 1. The van der Waals surface area contributed by atoms with Gasteiger partial charge in [0.1, 0.15) is 10.8 Å². The van der Waals surface area contributed by atoms with E-state index in [9.17, 15) is 13.2 Å². The van der Waals surface area contributed by atoms with Crippen molar-refractivity contribution >= 4 is 21.4 Å². The number of hydrogen-bond donors (Lipinski definition) is 0. The molecule has 0 aliphatic rings. The van der Waals surface area contributed by atoms with Gasteiger partial charge in [-0.2, -0.15) is 5.26 Å². The van der Waals surface area contributed by atoms with Gasteiger partial charge in [0.15, 0.2) is 9.84 Å². The number of carbonyl (C=O) groups excluding carboxylic acids is 1. The van der Waals surface area contributed by atoms with Gasteiger partial charge in [-0.15, -0.1) is 0 Å². The molecule has 1 amide bonds. The Labute approximate surface area is 113 Å². The monoisotopic (exact) mass is 280 g/mol. The molecule has 0 spiro atoms. The van der Waals surface area contributed by atoms with Gasteiger partial charge in [0.05, 0.1) is 11.3 Å². The van der Waals surface area contributed by atoms with Crippen molar-refractivity contribution in [2.75, 3.05) is 18.2 Å². The Bertz CT molecular complexity index is 642. The van der Waals surface area contributed by atoms with Crippen molar-refractivity contribution in [1.82, 2.24) is 0 Å². The summed E-state index contributed by atoms with van der Waals surface area (Å²) in [4.78, 5) is 13.5. The maximum atomic E-state index is 12.3. The van der Waals surface area contributed by atoms with Crippen molar-refractivity contribution < 1.29 is 13.2 Å². The molecule has 0 saturated carbocycles. The number of nitriles is 1. The molecule has 5 nitrogen and oxygen atoms in total. The Morgan fingerprint density at radius 3 is 2.32 bits per heavy atom. The molecule has 1 rings (SSSR count). The number of carbonyl (C=O) groups is 1. The summed E-state index contributed by atoms with van der Waals surface area (Å²) in [7, 11) is -2.08. The van der Waals surface area contributed by atoms with Gasteiger partial charge in [-0.05, 0) is 26.0 Å². The van der Waals surface area contributed by atoms with Crippen LogP contribution in [-0.2, 0) is 14.6 Å². The summed E-state index contributed by atoms with van der Waals surface area (Å²) >= 11 is 0. The fourth-order valence-electron chi connectivity index (χ4n) is 1.53. The summed E-state index contributed by atoms with van der Waals surface area (Å²) < 4.78 is 21.8. The van der Waals surface area contributed by atoms with Crippen molar-refractivity contribution in [2.24, 2.45) is 0 Å². The zero-order valence-corrected chi connectivity index (χ0v) is 12.2. The van der Waals surface area contributed by atoms with E-state index in [2.05, 4.69) is 0 Å². The highest BCUT2D eigenvalue weighted by Crippen LogP contribution is 2.24. The van der Waals surface area contributed by atoms with Gasteiger partial charge in [-0.25, -0.2) is 8.42 Å². The van der Waals surface area contributed by atoms with Crippen LogP contribution in [0.5, 0.6) is 0 Å². The summed E-state index contributed by atoms with van der Waals surface area (Å²) in [5.74, 6) is -0.572. The van der Waals surface area contributed by atoms with E-state index >= 15 is 0 Å². The average molecular weight is 280 g/mol. The Balaban J connectivity index is 3.26. The van der Waals surface area contributed by atoms with Crippen molar-refractivity contribution in [2.45, 2.75) is 18.6 Å². The van der Waals surface area contributed by atoms with Crippen LogP contribution in [0.1, 0.15) is 19.4 Å². The molecule has 0 aliphatic carbocycles. The molecule has 0 unspecified atom stereocenters. The Morgan fingerprint density at radius 2 is 1.84 bits per heavy atom. The predicted molar refractivity (Wildman–Crippen MR) is 73.5 cm³/mol. The second-order valence-corrected chi connectivity index (χ2v) is 7.34. The minimum atomic E-state index is -3.55. The first kappa shape index (κ1) is 15.2. The number of nitrogens with zero attached hydrogens (tertiary/aromatic N) is 2. The fourth-order valence-corrected chi connectivity index (χ4v) is 1.99. The van der Waals surface area contributed by atoms with Gasteiger partial charge >= 0.3 is 0 Å². The predicted octanol–water partition coefficient (Wildman–Crippen LogP) is 1.34. The van der Waals surface area contributed by atoms with Crippen LogP contribution in [-0.4, -0.2) is 32.4 Å². The summed E-state index contributed by atoms with van der Waals surface area (Å²) in [6, 6.07) is 8.53. The summed E-state index contributed by atoms with van der Waals surface area (Å²) in [5, 5.41) is 9.01. The number of benzene rings is 1. The first-order valence-electron chi connectivity index (χ1n) is 5.60. The minimum absolute atomic E-state index is 0.322. The van der Waals surface area contributed by atoms with Gasteiger partial charge < -0.3 is 4.90 Å². The number of amides is 1. The van der Waals surface area contributed by atoms with Crippen LogP contribution in [0.3, 0.4) is 0 Å². The van der Waals surface area contributed by atoms with Gasteiger partial charge in [0.25, 0.3) is 0 Å². The molecule has 0 aromatic heterocycles. The number of rotatable bonds is 3. The lowest BCUT2D eigenvalue weighted by Crippen LogP contribution is -2.48. The van der Waals surface area contributed by atoms with E-state index in [1.54, 1.807) is 24.3 Å². The molecule has 0 atom stereocenters. The Hall–Kier alpha value is -1.87. The molecule has 102 valence electrons. The van der Waals surface area contributed by atoms with E-state index in [1.165, 1.54) is 25.8 Å². The van der Waals surface area contributed by atoms with E-state index in [0.717, 1.165) is 6.26 Å². The van der Waals surface area contributed by atoms with Gasteiger partial charge in [0, 0.05) is 13.3 Å². The molecule has 0 N–H and O–H groups in total. The highest BCUT2D eigenvalue weighted by molar-refractivity contribution is 7.92. The van der Waals surface area contributed by atoms with Gasteiger partial charge in [-0.3, -0.25) is 4.79 Å². The SMILES string of the molecule is CN(C(=O)C(C)(C)S(C)(=O)=O)c1ccccc1C#N. The molecule has 19 heavy (non-hydrogen) atoms. The number of para-hydroxylation sites is 1. The van der Waals surface area contributed by atoms with Crippen molar-refractivity contribution in [3.8, 4) is 6.07 Å². The van der Waals surface area contributed by atoms with Crippen LogP contribution < -0.4 is 4.90 Å². The maximum absolute atomic E-state index is 12.3. The smallest absolute Gasteiger partial charge is 0.247 e. The standard InChI is InChI=1S/C13H16N2O3S/c1-13(2,19(4,17)18)12(16)15(3)11-8-6-5-7-10(11)9-14/h5-8H,1-4H3. The molecule has 0 radical (unpaired) electrons. The summed E-state index contributed by atoms with van der Waals surface area (Å²) in [6.45, 7) is 2.71. The second-order valence-electron chi connectivity index (χ2n) is 4.78. The topological polar surface area (TPSA) is 78.2 Å². The lowest BCUT2D eigenvalue weighted by atomic mass is 10.1. The Kier molecular flexibility index (Phi) is 4.01. The van der Waals surface area contributed by atoms with Crippen LogP contribution in [0, 0.1) is 11.3 Å². The first-order chi connectivity index (χ1) is 8.63. The third-order valence-electron chi connectivity index (χ3n) is 3.13. The van der Waals surface area contributed by atoms with Gasteiger partial charge in [0.2, 0.25) is 5.91 Å². The van der Waals surface area contributed by atoms with Crippen molar-refractivity contribution in [3.63, 3.8) is 0 Å². The molecular weight excluding hydrogens is 264 g/mol. The quantitative estimate of drug-likeness (QED) is 0.837. The van der Waals surface area contributed by atoms with Crippen LogP contribution >= 0.6 is 0 Å². The molecule has 0 saturated heterocycles. The summed E-state index contributed by atoms with van der Waals surface area (Å²) in [6.07, 6.45) is 1.02. The third kappa shape index (κ3) is 2.76. The molecule has 1 aromatic carbocycles. The lowest BCUT2D eigenvalue weighted by Gasteiger charge is -2.28. The molecule has 0 aliphatic heterocycles. The number of sulfone groups is 1. The largest absolute Gasteiger partial charge is 0.313 e. The second kappa shape index (κ2) is 5.02. The maximum Gasteiger partial charge on any atom is 0.247 e. The minimum Gasteiger partial charge on any atom is -0.313 e. The molecule has 0 fully saturated rings. The molecular formula is C13H16N2O3S. The molecule has 6 heteroatoms. The van der Waals surface area contributed by atoms with Crippen LogP contribution in [0.4, 0.5) is 5.69 Å². The van der Waals surface area contributed by atoms with E-state index < -0.39 is 20.5 Å². The molecule has 0 bridgehead atoms. The van der Waals surface area contributed by atoms with Gasteiger partial charge in [-0.1, -0.05) is 12.1 Å². The first-order valence-corrected chi connectivity index (χ1v) is 7.49.